The minimum absolute atomic E-state index is 0.186. The van der Waals surface area contributed by atoms with Gasteiger partial charge in [-0.2, -0.15) is 0 Å². The molecule has 2 atom stereocenters. The third-order valence-electron chi connectivity index (χ3n) is 3.38. The number of ether oxygens (including phenoxy) is 1. The Balaban J connectivity index is 2.21. The average molecular weight is 246 g/mol. The van der Waals surface area contributed by atoms with Gasteiger partial charge in [-0.15, -0.1) is 0 Å². The Morgan fingerprint density at radius 1 is 1.22 bits per heavy atom. The second-order valence-corrected chi connectivity index (χ2v) is 4.79. The molecule has 0 radical (unpaired) electrons. The fraction of sp³-hybridized carbons (Fsp3) is 0.533. The normalized spacial score (nSPS) is 25.5. The van der Waals surface area contributed by atoms with Gasteiger partial charge >= 0.3 is 0 Å². The standard InChI is InChI=1S/C15H22N2O/c1-4-5-11-16-15-17(12(2)13(3)18-15)14-9-7-6-8-10-14/h6-10,12-13H,4-5,11H2,1-3H3/t12-,13-/m0/s1. The number of amidine groups is 1. The van der Waals surface area contributed by atoms with E-state index in [0.29, 0.717) is 6.04 Å². The van der Waals surface area contributed by atoms with E-state index in [-0.39, 0.29) is 6.10 Å². The Bertz CT molecular complexity index is 402. The topological polar surface area (TPSA) is 24.8 Å². The molecule has 0 amide bonds. The first-order valence-corrected chi connectivity index (χ1v) is 6.79. The average Bonchev–Trinajstić information content (AvgIpc) is 2.67. The summed E-state index contributed by atoms with van der Waals surface area (Å²) in [6.07, 6.45) is 2.46. The number of hydrogen-bond acceptors (Lipinski definition) is 2. The molecule has 1 heterocycles. The molecule has 3 nitrogen and oxygen atoms in total. The Kier molecular flexibility index (Phi) is 4.24. The number of hydrogen-bond donors (Lipinski definition) is 0. The highest BCUT2D eigenvalue weighted by atomic mass is 16.5. The number of rotatable bonds is 4. The molecule has 0 unspecified atom stereocenters. The maximum absolute atomic E-state index is 5.86. The summed E-state index contributed by atoms with van der Waals surface area (Å²) in [4.78, 5) is 6.79. The van der Waals surface area contributed by atoms with Crippen LogP contribution >= 0.6 is 0 Å². The molecule has 1 saturated heterocycles. The van der Waals surface area contributed by atoms with Gasteiger partial charge in [0.25, 0.3) is 6.02 Å². The predicted octanol–water partition coefficient (Wildman–Crippen LogP) is 3.46. The van der Waals surface area contributed by atoms with Gasteiger partial charge in [-0.25, -0.2) is 4.99 Å². The van der Waals surface area contributed by atoms with Crippen molar-refractivity contribution < 1.29 is 4.74 Å². The van der Waals surface area contributed by atoms with E-state index in [1.54, 1.807) is 0 Å². The van der Waals surface area contributed by atoms with Crippen molar-refractivity contribution in [3.8, 4) is 0 Å². The van der Waals surface area contributed by atoms with E-state index in [4.69, 9.17) is 4.74 Å². The van der Waals surface area contributed by atoms with Crippen LogP contribution < -0.4 is 4.90 Å². The lowest BCUT2D eigenvalue weighted by molar-refractivity contribution is 0.226. The van der Waals surface area contributed by atoms with Gasteiger partial charge in [0.2, 0.25) is 0 Å². The van der Waals surface area contributed by atoms with Gasteiger partial charge < -0.3 is 4.74 Å². The number of para-hydroxylation sites is 1. The van der Waals surface area contributed by atoms with Crippen LogP contribution in [0.4, 0.5) is 5.69 Å². The third kappa shape index (κ3) is 2.66. The molecule has 0 bridgehead atoms. The summed E-state index contributed by atoms with van der Waals surface area (Å²) in [5, 5.41) is 0. The van der Waals surface area contributed by atoms with Crippen molar-refractivity contribution in [1.82, 2.24) is 0 Å². The number of unbranched alkanes of at least 4 members (excludes halogenated alkanes) is 1. The van der Waals surface area contributed by atoms with Gasteiger partial charge in [-0.05, 0) is 32.4 Å². The lowest BCUT2D eigenvalue weighted by atomic mass is 10.2. The van der Waals surface area contributed by atoms with Crippen molar-refractivity contribution in [2.45, 2.75) is 45.8 Å². The van der Waals surface area contributed by atoms with Crippen LogP contribution in [0.25, 0.3) is 0 Å². The van der Waals surface area contributed by atoms with Crippen LogP contribution in [0, 0.1) is 0 Å². The van der Waals surface area contributed by atoms with E-state index in [1.165, 1.54) is 0 Å². The van der Waals surface area contributed by atoms with Crippen LogP contribution in [0.15, 0.2) is 35.3 Å². The molecule has 1 aromatic carbocycles. The molecular weight excluding hydrogens is 224 g/mol. The van der Waals surface area contributed by atoms with Crippen LogP contribution in [0.5, 0.6) is 0 Å². The van der Waals surface area contributed by atoms with Crippen molar-refractivity contribution in [2.24, 2.45) is 4.99 Å². The molecule has 1 aromatic rings. The van der Waals surface area contributed by atoms with Crippen molar-refractivity contribution in [3.05, 3.63) is 30.3 Å². The van der Waals surface area contributed by atoms with E-state index in [9.17, 15) is 0 Å². The summed E-state index contributed by atoms with van der Waals surface area (Å²) >= 11 is 0. The van der Waals surface area contributed by atoms with Crippen molar-refractivity contribution in [1.29, 1.82) is 0 Å². The Labute approximate surface area is 109 Å². The summed E-state index contributed by atoms with van der Waals surface area (Å²) in [7, 11) is 0. The Hall–Kier alpha value is -1.51. The summed E-state index contributed by atoms with van der Waals surface area (Å²) in [6, 6.07) is 11.4. The molecule has 2 rings (SSSR count). The summed E-state index contributed by atoms with van der Waals surface area (Å²) in [5.41, 5.74) is 1.16. The van der Waals surface area contributed by atoms with Crippen LogP contribution in [0.3, 0.4) is 0 Å². The zero-order chi connectivity index (χ0) is 13.0. The first-order valence-electron chi connectivity index (χ1n) is 6.79. The molecule has 1 fully saturated rings. The van der Waals surface area contributed by atoms with Gasteiger partial charge in [0.1, 0.15) is 6.10 Å². The largest absolute Gasteiger partial charge is 0.460 e. The molecule has 0 aliphatic carbocycles. The second-order valence-electron chi connectivity index (χ2n) is 4.79. The molecule has 0 N–H and O–H groups in total. The molecule has 98 valence electrons. The van der Waals surface area contributed by atoms with Gasteiger partial charge in [0.05, 0.1) is 6.04 Å². The second kappa shape index (κ2) is 5.89. The number of anilines is 1. The highest BCUT2D eigenvalue weighted by molar-refractivity contribution is 5.94. The third-order valence-corrected chi connectivity index (χ3v) is 3.38. The van der Waals surface area contributed by atoms with Crippen LogP contribution in [0.1, 0.15) is 33.6 Å². The zero-order valence-electron chi connectivity index (χ0n) is 11.5. The molecule has 0 aromatic heterocycles. The van der Waals surface area contributed by atoms with Gasteiger partial charge in [-0.3, -0.25) is 4.90 Å². The van der Waals surface area contributed by atoms with Gasteiger partial charge in [0.15, 0.2) is 0 Å². The van der Waals surface area contributed by atoms with Crippen LogP contribution in [0.2, 0.25) is 0 Å². The molecular formula is C15H22N2O. The van der Waals surface area contributed by atoms with Crippen molar-refractivity contribution >= 4 is 11.7 Å². The van der Waals surface area contributed by atoms with Crippen molar-refractivity contribution in [3.63, 3.8) is 0 Å². The Morgan fingerprint density at radius 3 is 2.61 bits per heavy atom. The van der Waals surface area contributed by atoms with E-state index in [0.717, 1.165) is 31.1 Å². The quantitative estimate of drug-likeness (QED) is 0.760. The maximum Gasteiger partial charge on any atom is 0.292 e. The predicted molar refractivity (Wildman–Crippen MR) is 76.1 cm³/mol. The fourth-order valence-corrected chi connectivity index (χ4v) is 2.09. The molecule has 1 aliphatic heterocycles. The molecule has 18 heavy (non-hydrogen) atoms. The smallest absolute Gasteiger partial charge is 0.292 e. The van der Waals surface area contributed by atoms with Gasteiger partial charge in [0, 0.05) is 12.2 Å². The molecule has 1 aliphatic rings. The highest BCUT2D eigenvalue weighted by Gasteiger charge is 2.34. The maximum atomic E-state index is 5.86. The SMILES string of the molecule is CCCCN=C1O[C@@H](C)[C@H](C)N1c1ccccc1. The van der Waals surface area contributed by atoms with E-state index in [2.05, 4.69) is 54.9 Å². The lowest BCUT2D eigenvalue weighted by Gasteiger charge is -2.21. The van der Waals surface area contributed by atoms with Gasteiger partial charge in [-0.1, -0.05) is 31.5 Å². The molecule has 0 saturated carbocycles. The number of aliphatic imine (C=N–C) groups is 1. The van der Waals surface area contributed by atoms with Crippen LogP contribution in [-0.2, 0) is 4.74 Å². The van der Waals surface area contributed by atoms with E-state index in [1.807, 2.05) is 6.07 Å². The molecule has 3 heteroatoms. The molecule has 0 spiro atoms. The zero-order valence-corrected chi connectivity index (χ0v) is 11.5. The number of nitrogens with zero attached hydrogens (tertiary/aromatic N) is 2. The fourth-order valence-electron chi connectivity index (χ4n) is 2.09. The minimum Gasteiger partial charge on any atom is -0.460 e. The number of benzene rings is 1. The van der Waals surface area contributed by atoms with E-state index < -0.39 is 0 Å². The highest BCUT2D eigenvalue weighted by Crippen LogP contribution is 2.26. The van der Waals surface area contributed by atoms with Crippen molar-refractivity contribution in [2.75, 3.05) is 11.4 Å². The first kappa shape index (κ1) is 12.9. The Morgan fingerprint density at radius 2 is 1.94 bits per heavy atom. The monoisotopic (exact) mass is 246 g/mol. The van der Waals surface area contributed by atoms with Crippen LogP contribution in [-0.4, -0.2) is 24.7 Å². The summed E-state index contributed by atoms with van der Waals surface area (Å²) in [5.74, 6) is 0. The summed E-state index contributed by atoms with van der Waals surface area (Å²) < 4.78 is 5.86. The van der Waals surface area contributed by atoms with E-state index >= 15 is 0 Å². The first-order chi connectivity index (χ1) is 8.74. The minimum atomic E-state index is 0.186. The lowest BCUT2D eigenvalue weighted by Crippen LogP contribution is -2.33. The summed E-state index contributed by atoms with van der Waals surface area (Å²) in [6.45, 7) is 7.30.